The molecule has 5 heteroatoms. The van der Waals surface area contributed by atoms with Crippen molar-refractivity contribution in [1.29, 1.82) is 0 Å². The van der Waals surface area contributed by atoms with Gasteiger partial charge in [-0.05, 0) is 31.9 Å². The summed E-state index contributed by atoms with van der Waals surface area (Å²) in [5.74, 6) is 1.01. The maximum absolute atomic E-state index is 11.2. The lowest BCUT2D eigenvalue weighted by Crippen LogP contribution is -2.04. The van der Waals surface area contributed by atoms with Crippen LogP contribution in [-0.4, -0.2) is 26.3 Å². The predicted molar refractivity (Wildman–Crippen MR) is 74.1 cm³/mol. The van der Waals surface area contributed by atoms with Gasteiger partial charge >= 0.3 is 5.97 Å². The van der Waals surface area contributed by atoms with Crippen LogP contribution in [0.2, 0.25) is 5.02 Å². The minimum atomic E-state index is -0.261. The van der Waals surface area contributed by atoms with Crippen LogP contribution in [0, 0.1) is 0 Å². The first kappa shape index (κ1) is 15.6. The van der Waals surface area contributed by atoms with E-state index in [1.165, 1.54) is 7.11 Å². The molecule has 0 aromatic heterocycles. The van der Waals surface area contributed by atoms with Crippen molar-refractivity contribution < 1.29 is 19.0 Å². The van der Waals surface area contributed by atoms with Crippen LogP contribution in [0.15, 0.2) is 12.1 Å². The third-order valence-corrected chi connectivity index (χ3v) is 2.89. The molecule has 19 heavy (non-hydrogen) atoms. The van der Waals surface area contributed by atoms with E-state index in [4.69, 9.17) is 21.1 Å². The van der Waals surface area contributed by atoms with Gasteiger partial charge in [0.15, 0.2) is 11.5 Å². The molecule has 4 nitrogen and oxygen atoms in total. The van der Waals surface area contributed by atoms with Gasteiger partial charge < -0.3 is 14.2 Å². The van der Waals surface area contributed by atoms with Crippen molar-refractivity contribution in [3.05, 3.63) is 22.7 Å². The largest absolute Gasteiger partial charge is 0.490 e. The first-order valence-electron chi connectivity index (χ1n) is 6.27. The highest BCUT2D eigenvalue weighted by atomic mass is 35.5. The molecule has 0 N–H and O–H groups in total. The van der Waals surface area contributed by atoms with Crippen LogP contribution >= 0.6 is 11.6 Å². The normalized spacial score (nSPS) is 10.1. The van der Waals surface area contributed by atoms with E-state index in [2.05, 4.69) is 4.74 Å². The van der Waals surface area contributed by atoms with Crippen LogP contribution in [0.5, 0.6) is 11.5 Å². The zero-order valence-corrected chi connectivity index (χ0v) is 12.3. The molecule has 1 rings (SSSR count). The van der Waals surface area contributed by atoms with E-state index in [9.17, 15) is 4.79 Å². The fourth-order valence-corrected chi connectivity index (χ4v) is 1.89. The summed E-state index contributed by atoms with van der Waals surface area (Å²) in [6.45, 7) is 4.88. The number of carbonyl (C=O) groups is 1. The standard InChI is InChI=1S/C14H19ClO4/c1-4-18-12-8-10(6-7-14(16)17-3)11(15)9-13(12)19-5-2/h8-9H,4-7H2,1-3H3. The van der Waals surface area contributed by atoms with Gasteiger partial charge in [0.05, 0.1) is 20.3 Å². The first-order valence-corrected chi connectivity index (χ1v) is 6.65. The van der Waals surface area contributed by atoms with Gasteiger partial charge in [-0.15, -0.1) is 0 Å². The summed E-state index contributed by atoms with van der Waals surface area (Å²) in [4.78, 5) is 11.2. The van der Waals surface area contributed by atoms with Gasteiger partial charge in [-0.25, -0.2) is 0 Å². The van der Waals surface area contributed by atoms with E-state index in [1.54, 1.807) is 6.07 Å². The number of rotatable bonds is 7. The van der Waals surface area contributed by atoms with Crippen LogP contribution in [0.3, 0.4) is 0 Å². The Kier molecular flexibility index (Phi) is 6.50. The number of ether oxygens (including phenoxy) is 3. The van der Waals surface area contributed by atoms with Crippen LogP contribution in [0.25, 0.3) is 0 Å². The summed E-state index contributed by atoms with van der Waals surface area (Å²) in [5.41, 5.74) is 0.846. The molecule has 0 saturated heterocycles. The highest BCUT2D eigenvalue weighted by molar-refractivity contribution is 6.31. The average molecular weight is 287 g/mol. The van der Waals surface area contributed by atoms with E-state index < -0.39 is 0 Å². The number of halogens is 1. The highest BCUT2D eigenvalue weighted by Crippen LogP contribution is 2.34. The van der Waals surface area contributed by atoms with Crippen LogP contribution < -0.4 is 9.47 Å². The zero-order chi connectivity index (χ0) is 14.3. The summed E-state index contributed by atoms with van der Waals surface area (Å²) < 4.78 is 15.6. The minimum absolute atomic E-state index is 0.261. The molecule has 0 radical (unpaired) electrons. The van der Waals surface area contributed by atoms with Crippen molar-refractivity contribution >= 4 is 17.6 Å². The Morgan fingerprint density at radius 3 is 2.26 bits per heavy atom. The Hall–Kier alpha value is -1.42. The molecule has 0 aliphatic rings. The zero-order valence-electron chi connectivity index (χ0n) is 11.5. The van der Waals surface area contributed by atoms with Gasteiger partial charge in [-0.3, -0.25) is 4.79 Å². The summed E-state index contributed by atoms with van der Waals surface area (Å²) >= 11 is 6.18. The van der Waals surface area contributed by atoms with Gasteiger partial charge in [-0.2, -0.15) is 0 Å². The first-order chi connectivity index (χ1) is 9.12. The summed E-state index contributed by atoms with van der Waals surface area (Å²) in [5, 5.41) is 0.566. The van der Waals surface area contributed by atoms with Crippen molar-refractivity contribution in [3.63, 3.8) is 0 Å². The van der Waals surface area contributed by atoms with Crippen molar-refractivity contribution in [2.24, 2.45) is 0 Å². The molecule has 0 fully saturated rings. The second-order valence-corrected chi connectivity index (χ2v) is 4.24. The predicted octanol–water partition coefficient (Wildman–Crippen LogP) is 3.24. The summed E-state index contributed by atoms with van der Waals surface area (Å²) in [6, 6.07) is 3.54. The average Bonchev–Trinajstić information content (AvgIpc) is 2.40. The molecule has 0 amide bonds. The Morgan fingerprint density at radius 1 is 1.16 bits per heavy atom. The van der Waals surface area contributed by atoms with Crippen LogP contribution in [-0.2, 0) is 16.0 Å². The third kappa shape index (κ3) is 4.63. The van der Waals surface area contributed by atoms with Crippen molar-refractivity contribution in [2.75, 3.05) is 20.3 Å². The number of benzene rings is 1. The van der Waals surface area contributed by atoms with E-state index in [1.807, 2.05) is 19.9 Å². The van der Waals surface area contributed by atoms with Gasteiger partial charge in [0.1, 0.15) is 0 Å². The molecule has 0 aliphatic carbocycles. The summed E-state index contributed by atoms with van der Waals surface area (Å²) in [7, 11) is 1.37. The smallest absolute Gasteiger partial charge is 0.305 e. The fraction of sp³-hybridized carbons (Fsp3) is 0.500. The van der Waals surface area contributed by atoms with Crippen molar-refractivity contribution in [1.82, 2.24) is 0 Å². The molecular formula is C14H19ClO4. The quantitative estimate of drug-likeness (QED) is 0.722. The molecule has 1 aromatic carbocycles. The van der Waals surface area contributed by atoms with Gasteiger partial charge in [0.25, 0.3) is 0 Å². The molecule has 0 heterocycles. The van der Waals surface area contributed by atoms with Gasteiger partial charge in [0, 0.05) is 17.5 Å². The van der Waals surface area contributed by atoms with Crippen LogP contribution in [0.1, 0.15) is 25.8 Å². The fourth-order valence-electron chi connectivity index (χ4n) is 1.64. The Morgan fingerprint density at radius 2 is 1.74 bits per heavy atom. The minimum Gasteiger partial charge on any atom is -0.490 e. The maximum atomic E-state index is 11.2. The molecule has 0 spiro atoms. The number of hydrogen-bond donors (Lipinski definition) is 0. The third-order valence-electron chi connectivity index (χ3n) is 2.54. The Bertz CT molecular complexity index is 432. The lowest BCUT2D eigenvalue weighted by atomic mass is 10.1. The molecule has 0 saturated carbocycles. The number of esters is 1. The summed E-state index contributed by atoms with van der Waals surface area (Å²) in [6.07, 6.45) is 0.799. The van der Waals surface area contributed by atoms with Gasteiger partial charge in [-0.1, -0.05) is 11.6 Å². The Labute approximate surface area is 118 Å². The topological polar surface area (TPSA) is 44.8 Å². The number of carbonyl (C=O) groups excluding carboxylic acids is 1. The van der Waals surface area contributed by atoms with Gasteiger partial charge in [0.2, 0.25) is 0 Å². The van der Waals surface area contributed by atoms with Crippen molar-refractivity contribution in [3.8, 4) is 11.5 Å². The lowest BCUT2D eigenvalue weighted by molar-refractivity contribution is -0.140. The number of methoxy groups -OCH3 is 1. The second kappa shape index (κ2) is 7.89. The monoisotopic (exact) mass is 286 g/mol. The molecule has 0 bridgehead atoms. The SMILES string of the molecule is CCOc1cc(Cl)c(CCC(=O)OC)cc1OCC. The number of aryl methyl sites for hydroxylation is 1. The second-order valence-electron chi connectivity index (χ2n) is 3.83. The van der Waals surface area contributed by atoms with Crippen molar-refractivity contribution in [2.45, 2.75) is 26.7 Å². The number of hydrogen-bond acceptors (Lipinski definition) is 4. The van der Waals surface area contributed by atoms with E-state index in [0.29, 0.717) is 36.2 Å². The molecular weight excluding hydrogens is 268 g/mol. The van der Waals surface area contributed by atoms with E-state index in [-0.39, 0.29) is 12.4 Å². The van der Waals surface area contributed by atoms with E-state index >= 15 is 0 Å². The van der Waals surface area contributed by atoms with E-state index in [0.717, 1.165) is 5.56 Å². The van der Waals surface area contributed by atoms with Crippen LogP contribution in [0.4, 0.5) is 0 Å². The Balaban J connectivity index is 2.92. The highest BCUT2D eigenvalue weighted by Gasteiger charge is 2.12. The molecule has 1 aromatic rings. The molecule has 0 aliphatic heterocycles. The maximum Gasteiger partial charge on any atom is 0.305 e. The molecule has 106 valence electrons. The molecule has 0 unspecified atom stereocenters. The lowest BCUT2D eigenvalue weighted by Gasteiger charge is -2.13. The molecule has 0 atom stereocenters.